The average Bonchev–Trinajstić information content (AvgIpc) is 3.48. The molecule has 0 bridgehead atoms. The van der Waals surface area contributed by atoms with E-state index in [0.29, 0.717) is 5.41 Å². The molecule has 0 spiro atoms. The third kappa shape index (κ3) is 4.22. The van der Waals surface area contributed by atoms with Crippen LogP contribution in [0.2, 0.25) is 0 Å². The molecule has 4 fully saturated rings. The highest BCUT2D eigenvalue weighted by Gasteiger charge is 2.52. The summed E-state index contributed by atoms with van der Waals surface area (Å²) in [5.74, 6) is 1.68. The zero-order valence-electron chi connectivity index (χ0n) is 16.5. The largest absolute Gasteiger partial charge is 0.358 e. The van der Waals surface area contributed by atoms with E-state index in [1.54, 1.807) is 0 Å². The van der Waals surface area contributed by atoms with Gasteiger partial charge in [-0.25, -0.2) is 0 Å². The van der Waals surface area contributed by atoms with Crippen molar-refractivity contribution in [1.82, 2.24) is 0 Å². The third-order valence-corrected chi connectivity index (χ3v) is 10.4. The Kier molecular flexibility index (Phi) is 5.23. The summed E-state index contributed by atoms with van der Waals surface area (Å²) in [5.41, 5.74) is 0.423. The van der Waals surface area contributed by atoms with Crippen LogP contribution in [0.3, 0.4) is 0 Å². The summed E-state index contributed by atoms with van der Waals surface area (Å²) in [6, 6.07) is 0. The summed E-state index contributed by atoms with van der Waals surface area (Å²) in [4.78, 5) is 0.263. The lowest BCUT2D eigenvalue weighted by atomic mass is 9.60. The van der Waals surface area contributed by atoms with Gasteiger partial charge in [0, 0.05) is 10.5 Å². The fourth-order valence-corrected chi connectivity index (χ4v) is 8.97. The van der Waals surface area contributed by atoms with E-state index in [0.717, 1.165) is 35.5 Å². The van der Waals surface area contributed by atoms with Crippen molar-refractivity contribution in [3.8, 4) is 0 Å². The molecule has 0 aromatic carbocycles. The quantitative estimate of drug-likeness (QED) is 0.517. The van der Waals surface area contributed by atoms with Gasteiger partial charge in [0.2, 0.25) is 0 Å². The molecule has 0 radical (unpaired) electrons. The zero-order chi connectivity index (χ0) is 17.7. The predicted octanol–water partition coefficient (Wildman–Crippen LogP) is 6.09. The molecule has 0 aromatic rings. The first-order valence-electron chi connectivity index (χ1n) is 10.4. The van der Waals surface area contributed by atoms with E-state index in [1.807, 2.05) is 0 Å². The summed E-state index contributed by atoms with van der Waals surface area (Å²) in [5, 5.41) is 1.58. The Morgan fingerprint density at radius 3 is 1.44 bits per heavy atom. The van der Waals surface area contributed by atoms with Crippen LogP contribution in [-0.2, 0) is 9.47 Å². The topological polar surface area (TPSA) is 25.1 Å². The third-order valence-electron chi connectivity index (χ3n) is 7.22. The van der Waals surface area contributed by atoms with Crippen LogP contribution < -0.4 is 0 Å². The van der Waals surface area contributed by atoms with E-state index in [9.17, 15) is 0 Å². The summed E-state index contributed by atoms with van der Waals surface area (Å²) in [6.07, 6.45) is 11.3. The first-order valence-corrected chi connectivity index (χ1v) is 12.2. The van der Waals surface area contributed by atoms with Crippen molar-refractivity contribution in [3.05, 3.63) is 0 Å². The number of epoxide rings is 2. The van der Waals surface area contributed by atoms with Gasteiger partial charge in [-0.2, -0.15) is 0 Å². The molecule has 0 aromatic heterocycles. The second-order valence-electron chi connectivity index (χ2n) is 9.76. The molecule has 6 unspecified atom stereocenters. The highest BCUT2D eigenvalue weighted by Crippen LogP contribution is 2.58. The highest BCUT2D eigenvalue weighted by atomic mass is 32.2. The number of ether oxygens (including phenoxy) is 2. The predicted molar refractivity (Wildman–Crippen MR) is 109 cm³/mol. The SMILES string of the molecule is CC1(SC2CCCCC2C(C)(C)C2CCCCC2SC2(C)CO2)CO1. The van der Waals surface area contributed by atoms with Gasteiger partial charge in [0.25, 0.3) is 0 Å². The maximum absolute atomic E-state index is 5.74. The molecule has 144 valence electrons. The molecule has 2 saturated heterocycles. The lowest BCUT2D eigenvalue weighted by Crippen LogP contribution is -2.45. The minimum atomic E-state index is 0.131. The Bertz CT molecular complexity index is 442. The molecule has 4 rings (SSSR count). The molecule has 2 aliphatic carbocycles. The van der Waals surface area contributed by atoms with Crippen LogP contribution in [-0.4, -0.2) is 33.6 Å². The van der Waals surface area contributed by atoms with Crippen LogP contribution >= 0.6 is 23.5 Å². The van der Waals surface area contributed by atoms with Crippen LogP contribution in [0.4, 0.5) is 0 Å². The van der Waals surface area contributed by atoms with E-state index in [2.05, 4.69) is 51.2 Å². The van der Waals surface area contributed by atoms with Gasteiger partial charge in [0.15, 0.2) is 0 Å². The lowest BCUT2D eigenvalue weighted by Gasteiger charge is -2.51. The highest BCUT2D eigenvalue weighted by molar-refractivity contribution is 8.01. The smallest absolute Gasteiger partial charge is 0.134 e. The molecule has 2 aliphatic heterocycles. The van der Waals surface area contributed by atoms with Gasteiger partial charge in [-0.05, 0) is 56.8 Å². The summed E-state index contributed by atoms with van der Waals surface area (Å²) in [6.45, 7) is 11.7. The monoisotopic (exact) mass is 384 g/mol. The Hall–Kier alpha value is 0.620. The van der Waals surface area contributed by atoms with Crippen molar-refractivity contribution in [1.29, 1.82) is 0 Å². The molecule has 25 heavy (non-hydrogen) atoms. The number of thioether (sulfide) groups is 2. The maximum Gasteiger partial charge on any atom is 0.134 e. The van der Waals surface area contributed by atoms with E-state index in [1.165, 1.54) is 51.4 Å². The molecular formula is C21H36O2S2. The Balaban J connectivity index is 1.50. The van der Waals surface area contributed by atoms with Gasteiger partial charge in [-0.15, -0.1) is 23.5 Å². The van der Waals surface area contributed by atoms with E-state index in [-0.39, 0.29) is 9.87 Å². The van der Waals surface area contributed by atoms with Gasteiger partial charge < -0.3 is 9.47 Å². The van der Waals surface area contributed by atoms with Crippen molar-refractivity contribution in [2.75, 3.05) is 13.2 Å². The minimum absolute atomic E-state index is 0.131. The molecule has 0 N–H and O–H groups in total. The van der Waals surface area contributed by atoms with Gasteiger partial charge in [-0.3, -0.25) is 0 Å². The molecule has 4 aliphatic rings. The molecular weight excluding hydrogens is 348 g/mol. The normalized spacial score (nSPS) is 47.5. The van der Waals surface area contributed by atoms with Crippen LogP contribution in [0.5, 0.6) is 0 Å². The minimum Gasteiger partial charge on any atom is -0.358 e. The first kappa shape index (κ1) is 19.0. The molecule has 0 amide bonds. The van der Waals surface area contributed by atoms with Crippen LogP contribution in [0.1, 0.15) is 79.1 Å². The van der Waals surface area contributed by atoms with Crippen molar-refractivity contribution >= 4 is 23.5 Å². The maximum atomic E-state index is 5.74. The van der Waals surface area contributed by atoms with Gasteiger partial charge in [0.1, 0.15) is 9.87 Å². The zero-order valence-corrected chi connectivity index (χ0v) is 18.1. The van der Waals surface area contributed by atoms with Gasteiger partial charge in [-0.1, -0.05) is 39.5 Å². The second kappa shape index (κ2) is 6.90. The summed E-state index contributed by atoms with van der Waals surface area (Å²) >= 11 is 4.32. The van der Waals surface area contributed by atoms with Crippen LogP contribution in [0, 0.1) is 17.3 Å². The lowest BCUT2D eigenvalue weighted by molar-refractivity contribution is 0.0664. The first-order chi connectivity index (χ1) is 11.8. The van der Waals surface area contributed by atoms with Gasteiger partial charge >= 0.3 is 0 Å². The Morgan fingerprint density at radius 1 is 0.720 bits per heavy atom. The van der Waals surface area contributed by atoms with E-state index >= 15 is 0 Å². The Labute approximate surface area is 162 Å². The standard InChI is InChI=1S/C21H36O2S2/c1-19(2,15-9-5-7-11-17(15)24-20(3)13-22-20)16-10-6-8-12-18(16)25-21(4)14-23-21/h15-18H,5-14H2,1-4H3. The number of hydrogen-bond acceptors (Lipinski definition) is 4. The fraction of sp³-hybridized carbons (Fsp3) is 1.00. The summed E-state index contributed by atoms with van der Waals surface area (Å²) in [7, 11) is 0. The Morgan fingerprint density at radius 2 is 1.08 bits per heavy atom. The average molecular weight is 385 g/mol. The molecule has 6 atom stereocenters. The second-order valence-corrected chi connectivity index (χ2v) is 13.2. The molecule has 2 heterocycles. The molecule has 4 heteroatoms. The summed E-state index contributed by atoms with van der Waals surface area (Å²) < 4.78 is 11.5. The van der Waals surface area contributed by atoms with E-state index < -0.39 is 0 Å². The molecule has 2 nitrogen and oxygen atoms in total. The van der Waals surface area contributed by atoms with Crippen LogP contribution in [0.15, 0.2) is 0 Å². The fourth-order valence-electron chi connectivity index (χ4n) is 5.43. The van der Waals surface area contributed by atoms with Crippen molar-refractivity contribution in [3.63, 3.8) is 0 Å². The van der Waals surface area contributed by atoms with E-state index in [4.69, 9.17) is 9.47 Å². The molecule has 2 saturated carbocycles. The van der Waals surface area contributed by atoms with Crippen molar-refractivity contribution in [2.45, 2.75) is 99.4 Å². The number of rotatable bonds is 6. The number of hydrogen-bond donors (Lipinski definition) is 0. The van der Waals surface area contributed by atoms with Gasteiger partial charge in [0.05, 0.1) is 13.2 Å². The van der Waals surface area contributed by atoms with Crippen molar-refractivity contribution < 1.29 is 9.47 Å². The van der Waals surface area contributed by atoms with Crippen molar-refractivity contribution in [2.24, 2.45) is 17.3 Å². The van der Waals surface area contributed by atoms with Crippen LogP contribution in [0.25, 0.3) is 0 Å².